The van der Waals surface area contributed by atoms with Gasteiger partial charge in [0, 0.05) is 54.8 Å². The Morgan fingerprint density at radius 2 is 1.82 bits per heavy atom. The van der Waals surface area contributed by atoms with Crippen LogP contribution in [0.25, 0.3) is 17.4 Å². The zero-order chi connectivity index (χ0) is 30.8. The van der Waals surface area contributed by atoms with Gasteiger partial charge in [-0.15, -0.1) is 0 Å². The zero-order valence-corrected chi connectivity index (χ0v) is 25.5. The first-order valence-corrected chi connectivity index (χ1v) is 15.2. The molecule has 7 heteroatoms. The van der Waals surface area contributed by atoms with Gasteiger partial charge in [-0.05, 0) is 66.0 Å². The molecule has 1 amide bonds. The number of nitrogens with zero attached hydrogens (tertiary/aromatic N) is 2. The molecule has 2 aromatic carbocycles. The molecule has 1 N–H and O–H groups in total. The van der Waals surface area contributed by atoms with E-state index in [0.717, 1.165) is 47.1 Å². The number of aromatic nitrogens is 1. The molecule has 0 fully saturated rings. The number of carbonyl (C=O) groups excluding carboxylic acids is 3. The molecular formula is C37H37N3O4. The number of Topliss-reactive ketones (excluding diaryl/α,β-unsaturated/α-hetero) is 2. The molecule has 7 nitrogen and oxygen atoms in total. The highest BCUT2D eigenvalue weighted by molar-refractivity contribution is 6.53. The summed E-state index contributed by atoms with van der Waals surface area (Å²) < 4.78 is 6.49. The lowest BCUT2D eigenvalue weighted by molar-refractivity contribution is -0.116. The second-order valence-electron chi connectivity index (χ2n) is 12.4. The molecule has 0 saturated heterocycles. The molecule has 4 aromatic rings. The molecular weight excluding hydrogens is 550 g/mol. The minimum Gasteiger partial charge on any atom is -0.459 e. The summed E-state index contributed by atoms with van der Waals surface area (Å²) in [6.45, 7) is 8.29. The molecule has 0 bridgehead atoms. The van der Waals surface area contributed by atoms with E-state index in [2.05, 4.69) is 47.2 Å². The van der Waals surface area contributed by atoms with Crippen LogP contribution in [-0.2, 0) is 29.7 Å². The van der Waals surface area contributed by atoms with Crippen molar-refractivity contribution in [2.24, 2.45) is 0 Å². The average molecular weight is 588 g/mol. The van der Waals surface area contributed by atoms with Crippen LogP contribution in [0.1, 0.15) is 81.0 Å². The first-order valence-electron chi connectivity index (χ1n) is 15.2. The maximum absolute atomic E-state index is 13.6. The van der Waals surface area contributed by atoms with Crippen molar-refractivity contribution in [3.8, 4) is 11.3 Å². The lowest BCUT2D eigenvalue weighted by atomic mass is 9.69. The van der Waals surface area contributed by atoms with E-state index in [4.69, 9.17) is 4.42 Å². The molecule has 2 aromatic heterocycles. The number of nitrogens with one attached hydrogen (secondary N) is 1. The molecule has 0 saturated carbocycles. The zero-order valence-electron chi connectivity index (χ0n) is 25.5. The third-order valence-corrected chi connectivity index (χ3v) is 8.88. The smallest absolute Gasteiger partial charge is 0.244 e. The largest absolute Gasteiger partial charge is 0.459 e. The molecule has 0 radical (unpaired) electrons. The van der Waals surface area contributed by atoms with Crippen molar-refractivity contribution in [1.82, 2.24) is 15.2 Å². The number of benzene rings is 2. The fourth-order valence-corrected chi connectivity index (χ4v) is 6.53. The van der Waals surface area contributed by atoms with E-state index >= 15 is 0 Å². The molecule has 2 aliphatic rings. The standard InChI is InChI=1S/C37H37N3O4/c1-24-30(44-36-28-14-15-29-27(12-7-17-37(29,2)3)33(28)35(43)34(42)32(24)36)23-40(22-26-9-5-4-6-10-26)20-19-39-31(41)16-13-25-11-8-18-38-21-25/h4-6,8-11,13-16,18,21H,7,12,17,19-20,22-23H2,1-3H3,(H,39,41)/b16-13+. The molecule has 0 atom stereocenters. The summed E-state index contributed by atoms with van der Waals surface area (Å²) in [5, 5.41) is 2.96. The molecule has 0 spiro atoms. The van der Waals surface area contributed by atoms with E-state index in [0.29, 0.717) is 54.4 Å². The minimum absolute atomic E-state index is 0.0433. The molecule has 0 aliphatic heterocycles. The van der Waals surface area contributed by atoms with E-state index in [9.17, 15) is 14.4 Å². The highest BCUT2D eigenvalue weighted by Crippen LogP contribution is 2.45. The lowest BCUT2D eigenvalue weighted by Gasteiger charge is -2.34. The van der Waals surface area contributed by atoms with Gasteiger partial charge in [-0.25, -0.2) is 0 Å². The van der Waals surface area contributed by atoms with Gasteiger partial charge in [-0.1, -0.05) is 62.4 Å². The van der Waals surface area contributed by atoms with Crippen molar-refractivity contribution < 1.29 is 18.8 Å². The maximum Gasteiger partial charge on any atom is 0.244 e. The number of pyridine rings is 1. The Hall–Kier alpha value is -4.62. The third-order valence-electron chi connectivity index (χ3n) is 8.88. The van der Waals surface area contributed by atoms with Crippen molar-refractivity contribution >= 4 is 23.5 Å². The van der Waals surface area contributed by atoms with E-state index in [1.54, 1.807) is 18.5 Å². The number of hydrogen-bond donors (Lipinski definition) is 1. The van der Waals surface area contributed by atoms with Gasteiger partial charge in [-0.2, -0.15) is 0 Å². The van der Waals surface area contributed by atoms with Crippen molar-refractivity contribution in [3.63, 3.8) is 0 Å². The summed E-state index contributed by atoms with van der Waals surface area (Å²) >= 11 is 0. The quantitative estimate of drug-likeness (QED) is 0.178. The fraction of sp³-hybridized carbons (Fsp3) is 0.297. The summed E-state index contributed by atoms with van der Waals surface area (Å²) in [4.78, 5) is 45.9. The lowest BCUT2D eigenvalue weighted by Crippen LogP contribution is -2.33. The van der Waals surface area contributed by atoms with Gasteiger partial charge >= 0.3 is 0 Å². The van der Waals surface area contributed by atoms with Crippen LogP contribution in [-0.4, -0.2) is 40.4 Å². The van der Waals surface area contributed by atoms with Crippen molar-refractivity contribution in [2.75, 3.05) is 13.1 Å². The number of rotatable bonds is 9. The monoisotopic (exact) mass is 587 g/mol. The SMILES string of the molecule is Cc1c(CN(CCNC(=O)/C=C/c2cccnc2)Cc2ccccc2)oc2c1C(=O)C(=O)c1c-2ccc2c1CCCC2(C)C. The van der Waals surface area contributed by atoms with Crippen LogP contribution >= 0.6 is 0 Å². The maximum atomic E-state index is 13.6. The summed E-state index contributed by atoms with van der Waals surface area (Å²) in [7, 11) is 0. The summed E-state index contributed by atoms with van der Waals surface area (Å²) in [5.41, 5.74) is 6.40. The van der Waals surface area contributed by atoms with Crippen LogP contribution in [0.15, 0.2) is 77.5 Å². The normalized spacial score (nSPS) is 15.3. The van der Waals surface area contributed by atoms with Gasteiger partial charge < -0.3 is 9.73 Å². The number of ketones is 2. The van der Waals surface area contributed by atoms with Crippen LogP contribution in [0.4, 0.5) is 0 Å². The van der Waals surface area contributed by atoms with Crippen LogP contribution in [0.3, 0.4) is 0 Å². The second kappa shape index (κ2) is 12.2. The highest BCUT2D eigenvalue weighted by Gasteiger charge is 2.40. The Bertz CT molecular complexity index is 1750. The van der Waals surface area contributed by atoms with Gasteiger partial charge in [0.2, 0.25) is 17.5 Å². The van der Waals surface area contributed by atoms with Gasteiger partial charge in [-0.3, -0.25) is 24.3 Å². The van der Waals surface area contributed by atoms with E-state index in [1.165, 1.54) is 6.08 Å². The predicted molar refractivity (Wildman–Crippen MR) is 170 cm³/mol. The Morgan fingerprint density at radius 3 is 2.59 bits per heavy atom. The minimum atomic E-state index is -0.487. The number of hydrogen-bond acceptors (Lipinski definition) is 6. The molecule has 2 heterocycles. The fourth-order valence-electron chi connectivity index (χ4n) is 6.53. The van der Waals surface area contributed by atoms with Gasteiger partial charge in [0.05, 0.1) is 12.1 Å². The Labute approximate surface area is 258 Å². The van der Waals surface area contributed by atoms with Crippen LogP contribution in [0.2, 0.25) is 0 Å². The number of carbonyl (C=O) groups is 3. The topological polar surface area (TPSA) is 92.5 Å². The Balaban J connectivity index is 1.25. The first-order chi connectivity index (χ1) is 21.2. The molecule has 0 unspecified atom stereocenters. The van der Waals surface area contributed by atoms with Crippen LogP contribution in [0, 0.1) is 6.92 Å². The second-order valence-corrected chi connectivity index (χ2v) is 12.4. The van der Waals surface area contributed by atoms with Crippen molar-refractivity contribution in [3.05, 3.63) is 118 Å². The number of furan rings is 1. The van der Waals surface area contributed by atoms with Gasteiger partial charge in [0.25, 0.3) is 0 Å². The molecule has 6 rings (SSSR count). The average Bonchev–Trinajstić information content (AvgIpc) is 3.34. The van der Waals surface area contributed by atoms with Crippen LogP contribution < -0.4 is 5.32 Å². The number of fused-ring (bicyclic) bond motifs is 5. The van der Waals surface area contributed by atoms with E-state index < -0.39 is 11.6 Å². The Kier molecular flexibility index (Phi) is 8.15. The molecule has 224 valence electrons. The van der Waals surface area contributed by atoms with Crippen LogP contribution in [0.5, 0.6) is 0 Å². The van der Waals surface area contributed by atoms with E-state index in [1.807, 2.05) is 43.3 Å². The van der Waals surface area contributed by atoms with Gasteiger partial charge in [0.15, 0.2) is 0 Å². The van der Waals surface area contributed by atoms with E-state index in [-0.39, 0.29) is 11.3 Å². The summed E-state index contributed by atoms with van der Waals surface area (Å²) in [5.74, 6) is 0.0442. The van der Waals surface area contributed by atoms with Crippen molar-refractivity contribution in [1.29, 1.82) is 0 Å². The number of amides is 1. The highest BCUT2D eigenvalue weighted by atomic mass is 16.3. The predicted octanol–water partition coefficient (Wildman–Crippen LogP) is 6.47. The summed E-state index contributed by atoms with van der Waals surface area (Å²) in [6.07, 6.45) is 9.44. The van der Waals surface area contributed by atoms with Crippen molar-refractivity contribution in [2.45, 2.75) is 58.5 Å². The molecule has 44 heavy (non-hydrogen) atoms. The first kappa shape index (κ1) is 29.5. The summed E-state index contributed by atoms with van der Waals surface area (Å²) in [6, 6.07) is 17.9. The van der Waals surface area contributed by atoms with Gasteiger partial charge in [0.1, 0.15) is 11.5 Å². The third kappa shape index (κ3) is 5.80. The Morgan fingerprint density at radius 1 is 1.02 bits per heavy atom. The molecule has 2 aliphatic carbocycles.